The van der Waals surface area contributed by atoms with Crippen molar-refractivity contribution in [3.05, 3.63) is 67.0 Å². The van der Waals surface area contributed by atoms with Crippen LogP contribution in [-0.4, -0.2) is 73.1 Å². The number of H-pyrrole nitrogens is 2. The summed E-state index contributed by atoms with van der Waals surface area (Å²) in [6.07, 6.45) is 6.72. The number of aromatic amines is 2. The lowest BCUT2D eigenvalue weighted by Gasteiger charge is -2.17. The molecule has 1 amide bonds. The van der Waals surface area contributed by atoms with Gasteiger partial charge in [-0.1, -0.05) is 20.8 Å². The zero-order valence-corrected chi connectivity index (χ0v) is 25.2. The van der Waals surface area contributed by atoms with Crippen LogP contribution in [0.4, 0.5) is 15.8 Å². The van der Waals surface area contributed by atoms with Crippen LogP contribution in [0.5, 0.6) is 0 Å². The van der Waals surface area contributed by atoms with Crippen molar-refractivity contribution in [3.8, 4) is 33.9 Å². The SMILES string of the molecule is CN(C)CCNc1cc(F)cc(-c2nccc3[nH]c(-c4[nH]nc5ncc(-c6cncc(NC(=O)C(C)(C)C)c6)cc45)nc23)c1. The highest BCUT2D eigenvalue weighted by molar-refractivity contribution is 5.97. The summed E-state index contributed by atoms with van der Waals surface area (Å²) in [7, 11) is 3.98. The van der Waals surface area contributed by atoms with Gasteiger partial charge in [-0.15, -0.1) is 0 Å². The van der Waals surface area contributed by atoms with E-state index in [0.29, 0.717) is 51.9 Å². The number of rotatable bonds is 8. The van der Waals surface area contributed by atoms with Gasteiger partial charge in [-0.05, 0) is 50.5 Å². The summed E-state index contributed by atoms with van der Waals surface area (Å²) in [5.74, 6) is 0.0795. The highest BCUT2D eigenvalue weighted by Gasteiger charge is 2.22. The van der Waals surface area contributed by atoms with Crippen molar-refractivity contribution < 1.29 is 9.18 Å². The third kappa shape index (κ3) is 5.97. The van der Waals surface area contributed by atoms with E-state index in [2.05, 4.69) is 45.7 Å². The van der Waals surface area contributed by atoms with E-state index in [1.807, 2.05) is 59.1 Å². The normalized spacial score (nSPS) is 11.9. The number of halogens is 1. The quantitative estimate of drug-likeness (QED) is 0.176. The number of carbonyl (C=O) groups is 1. The van der Waals surface area contributed by atoms with Gasteiger partial charge in [0, 0.05) is 59.5 Å². The second kappa shape index (κ2) is 11.5. The molecule has 0 bridgehead atoms. The molecule has 4 N–H and O–H groups in total. The van der Waals surface area contributed by atoms with Crippen LogP contribution in [-0.2, 0) is 4.79 Å². The first-order valence-corrected chi connectivity index (χ1v) is 14.2. The van der Waals surface area contributed by atoms with E-state index in [4.69, 9.17) is 4.98 Å². The lowest BCUT2D eigenvalue weighted by molar-refractivity contribution is -0.123. The number of carbonyl (C=O) groups excluding carboxylic acids is 1. The zero-order chi connectivity index (χ0) is 31.0. The van der Waals surface area contributed by atoms with Crippen molar-refractivity contribution in [2.45, 2.75) is 20.8 Å². The van der Waals surface area contributed by atoms with Crippen molar-refractivity contribution in [3.63, 3.8) is 0 Å². The predicted molar refractivity (Wildman–Crippen MR) is 171 cm³/mol. The van der Waals surface area contributed by atoms with Crippen molar-refractivity contribution in [2.24, 2.45) is 5.41 Å². The number of hydrogen-bond acceptors (Lipinski definition) is 8. The molecule has 5 aromatic heterocycles. The minimum atomic E-state index is -0.538. The zero-order valence-electron chi connectivity index (χ0n) is 25.2. The fraction of sp³-hybridized carbons (Fsp3) is 0.250. The summed E-state index contributed by atoms with van der Waals surface area (Å²) in [5.41, 5.74) is 6.01. The summed E-state index contributed by atoms with van der Waals surface area (Å²) in [6, 6.07) is 10.5. The fourth-order valence-electron chi connectivity index (χ4n) is 4.74. The number of hydrogen-bond donors (Lipinski definition) is 4. The van der Waals surface area contributed by atoms with Crippen LogP contribution in [0.3, 0.4) is 0 Å². The number of aromatic nitrogens is 7. The Balaban J connectivity index is 1.35. The van der Waals surface area contributed by atoms with Gasteiger partial charge in [-0.2, -0.15) is 5.10 Å². The third-order valence-corrected chi connectivity index (χ3v) is 7.12. The number of likely N-dealkylation sites (N-methyl/N-ethyl adjacent to an activating group) is 1. The number of nitrogens with one attached hydrogen (secondary N) is 4. The van der Waals surface area contributed by atoms with E-state index in [-0.39, 0.29) is 11.7 Å². The molecule has 6 rings (SSSR count). The van der Waals surface area contributed by atoms with E-state index in [9.17, 15) is 9.18 Å². The van der Waals surface area contributed by atoms with Gasteiger partial charge in [0.05, 0.1) is 28.5 Å². The molecule has 12 heteroatoms. The predicted octanol–water partition coefficient (Wildman–Crippen LogP) is 5.72. The first-order chi connectivity index (χ1) is 21.0. The number of imidazole rings is 1. The highest BCUT2D eigenvalue weighted by atomic mass is 19.1. The van der Waals surface area contributed by atoms with Crippen molar-refractivity contribution in [1.82, 2.24) is 40.0 Å². The second-order valence-electron chi connectivity index (χ2n) is 12.0. The maximum Gasteiger partial charge on any atom is 0.229 e. The molecule has 0 spiro atoms. The van der Waals surface area contributed by atoms with Gasteiger partial charge in [0.2, 0.25) is 5.91 Å². The average molecular weight is 593 g/mol. The Labute approximate surface area is 253 Å². The van der Waals surface area contributed by atoms with Crippen LogP contribution in [0.2, 0.25) is 0 Å². The third-order valence-electron chi connectivity index (χ3n) is 7.12. The maximum atomic E-state index is 14.7. The molecule has 0 radical (unpaired) electrons. The minimum Gasteiger partial charge on any atom is -0.384 e. The van der Waals surface area contributed by atoms with Crippen LogP contribution in [0.15, 0.2) is 61.2 Å². The van der Waals surface area contributed by atoms with Crippen molar-refractivity contribution >= 4 is 39.3 Å². The Kier molecular flexibility index (Phi) is 7.52. The van der Waals surface area contributed by atoms with Crippen LogP contribution in [0.25, 0.3) is 56.0 Å². The van der Waals surface area contributed by atoms with Crippen molar-refractivity contribution in [2.75, 3.05) is 37.8 Å². The van der Waals surface area contributed by atoms with Gasteiger partial charge >= 0.3 is 0 Å². The number of benzene rings is 1. The van der Waals surface area contributed by atoms with Crippen LogP contribution >= 0.6 is 0 Å². The molecule has 0 atom stereocenters. The molecule has 5 heterocycles. The van der Waals surface area contributed by atoms with Gasteiger partial charge in [0.15, 0.2) is 11.5 Å². The molecule has 0 aliphatic carbocycles. The summed E-state index contributed by atoms with van der Waals surface area (Å²) in [6.45, 7) is 7.06. The summed E-state index contributed by atoms with van der Waals surface area (Å²) in [5, 5.41) is 14.4. The molecular formula is C32H33FN10O. The van der Waals surface area contributed by atoms with Gasteiger partial charge in [-0.25, -0.2) is 14.4 Å². The first-order valence-electron chi connectivity index (χ1n) is 14.2. The average Bonchev–Trinajstić information content (AvgIpc) is 3.60. The van der Waals surface area contributed by atoms with E-state index in [0.717, 1.165) is 28.6 Å². The molecule has 0 saturated carbocycles. The van der Waals surface area contributed by atoms with E-state index < -0.39 is 5.41 Å². The molecule has 0 aliphatic rings. The van der Waals surface area contributed by atoms with Gasteiger partial charge in [-0.3, -0.25) is 19.9 Å². The smallest absolute Gasteiger partial charge is 0.229 e. The fourth-order valence-corrected chi connectivity index (χ4v) is 4.74. The Morgan fingerprint density at radius 2 is 1.77 bits per heavy atom. The van der Waals surface area contributed by atoms with E-state index >= 15 is 0 Å². The summed E-state index contributed by atoms with van der Waals surface area (Å²) >= 11 is 0. The molecule has 0 unspecified atom stereocenters. The second-order valence-corrected chi connectivity index (χ2v) is 12.0. The van der Waals surface area contributed by atoms with Gasteiger partial charge < -0.3 is 20.5 Å². The number of nitrogens with zero attached hydrogens (tertiary/aromatic N) is 6. The van der Waals surface area contributed by atoms with Crippen molar-refractivity contribution in [1.29, 1.82) is 0 Å². The highest BCUT2D eigenvalue weighted by Crippen LogP contribution is 2.33. The topological polar surface area (TPSA) is 140 Å². The van der Waals surface area contributed by atoms with Crippen LogP contribution in [0.1, 0.15) is 20.8 Å². The number of pyridine rings is 3. The van der Waals surface area contributed by atoms with Crippen LogP contribution in [0, 0.1) is 11.2 Å². The first kappa shape index (κ1) is 28.9. The summed E-state index contributed by atoms with van der Waals surface area (Å²) in [4.78, 5) is 36.2. The lowest BCUT2D eigenvalue weighted by atomic mass is 9.95. The number of fused-ring (bicyclic) bond motifs is 2. The summed E-state index contributed by atoms with van der Waals surface area (Å²) < 4.78 is 14.7. The molecule has 44 heavy (non-hydrogen) atoms. The molecular weight excluding hydrogens is 559 g/mol. The molecule has 0 aliphatic heterocycles. The number of amides is 1. The van der Waals surface area contributed by atoms with Crippen LogP contribution < -0.4 is 10.6 Å². The number of anilines is 2. The molecule has 0 fully saturated rings. The molecule has 1 aromatic carbocycles. The standard InChI is InChI=1S/C32H33FN10O/c1-32(2,3)31(44)38-23-12-19(15-34-17-23)20-13-24-27(41-42-29(24)37-16-20)30-39-25-6-7-36-26(28(25)40-30)18-10-21(33)14-22(11-18)35-8-9-43(4)5/h6-7,10-17,35H,8-9H2,1-5H3,(H,38,44)(H,39,40)(H,37,41,42). The maximum absolute atomic E-state index is 14.7. The van der Waals surface area contributed by atoms with Gasteiger partial charge in [0.1, 0.15) is 17.0 Å². The molecule has 224 valence electrons. The van der Waals surface area contributed by atoms with Gasteiger partial charge in [0.25, 0.3) is 0 Å². The minimum absolute atomic E-state index is 0.101. The Hall–Kier alpha value is -5.23. The molecule has 0 saturated heterocycles. The Morgan fingerprint density at radius 1 is 0.977 bits per heavy atom. The molecule has 6 aromatic rings. The Morgan fingerprint density at radius 3 is 2.57 bits per heavy atom. The van der Waals surface area contributed by atoms with E-state index in [1.165, 1.54) is 12.1 Å². The molecule has 11 nitrogen and oxygen atoms in total. The lowest BCUT2D eigenvalue weighted by Crippen LogP contribution is -2.27. The Bertz CT molecular complexity index is 1990. The largest absolute Gasteiger partial charge is 0.384 e. The van der Waals surface area contributed by atoms with E-state index in [1.54, 1.807) is 24.8 Å². The monoisotopic (exact) mass is 592 g/mol.